The first-order valence-electron chi connectivity index (χ1n) is 11.8. The standard InChI is InChI=1S/C28H29N3O2S/c1-21-9-8-14-24-26(21)29-28(34-24)31(16-15-30-17-19-33-20-18-30)27(32)25(22-10-4-2-5-11-22)23-12-6-3-7-13-23/h2-14,25H,15-20H2,1H3. The molecule has 1 amide bonds. The average molecular weight is 472 g/mol. The number of thiazole rings is 1. The van der Waals surface area contributed by atoms with Crippen LogP contribution in [0.15, 0.2) is 78.9 Å². The summed E-state index contributed by atoms with van der Waals surface area (Å²) in [7, 11) is 0. The zero-order chi connectivity index (χ0) is 23.3. The lowest BCUT2D eigenvalue weighted by atomic mass is 9.90. The second kappa shape index (κ2) is 10.5. The minimum Gasteiger partial charge on any atom is -0.379 e. The van der Waals surface area contributed by atoms with Gasteiger partial charge in [0.25, 0.3) is 0 Å². The minimum absolute atomic E-state index is 0.0577. The number of morpholine rings is 1. The number of hydrogen-bond donors (Lipinski definition) is 0. The van der Waals surface area contributed by atoms with E-state index in [-0.39, 0.29) is 11.8 Å². The molecule has 5 rings (SSSR count). The molecule has 1 fully saturated rings. The molecule has 0 atom stereocenters. The molecule has 6 heteroatoms. The largest absolute Gasteiger partial charge is 0.379 e. The smallest absolute Gasteiger partial charge is 0.240 e. The Labute approximate surface area is 204 Å². The fourth-order valence-electron chi connectivity index (χ4n) is 4.48. The third-order valence-corrected chi connectivity index (χ3v) is 7.41. The Morgan fingerprint density at radius 1 is 0.971 bits per heavy atom. The fraction of sp³-hybridized carbons (Fsp3) is 0.286. The molecule has 0 bridgehead atoms. The van der Waals surface area contributed by atoms with E-state index in [9.17, 15) is 4.79 Å². The van der Waals surface area contributed by atoms with Gasteiger partial charge in [0, 0.05) is 26.2 Å². The second-order valence-corrected chi connectivity index (χ2v) is 9.63. The highest BCUT2D eigenvalue weighted by Gasteiger charge is 2.30. The molecule has 0 spiro atoms. The molecular weight excluding hydrogens is 442 g/mol. The third kappa shape index (κ3) is 4.89. The Balaban J connectivity index is 1.54. The molecule has 1 aliphatic heterocycles. The highest BCUT2D eigenvalue weighted by Crippen LogP contribution is 2.34. The first-order chi connectivity index (χ1) is 16.7. The van der Waals surface area contributed by atoms with E-state index in [0.717, 1.165) is 64.9 Å². The van der Waals surface area contributed by atoms with Gasteiger partial charge in [0.1, 0.15) is 0 Å². The van der Waals surface area contributed by atoms with Gasteiger partial charge in [0.05, 0.1) is 29.3 Å². The molecule has 174 valence electrons. The van der Waals surface area contributed by atoms with Crippen molar-refractivity contribution in [3.05, 3.63) is 95.6 Å². The number of aromatic nitrogens is 1. The molecule has 4 aromatic rings. The fourth-order valence-corrected chi connectivity index (χ4v) is 5.56. The zero-order valence-corrected chi connectivity index (χ0v) is 20.2. The highest BCUT2D eigenvalue weighted by atomic mass is 32.1. The number of fused-ring (bicyclic) bond motifs is 1. The third-order valence-electron chi connectivity index (χ3n) is 6.36. The average Bonchev–Trinajstić information content (AvgIpc) is 3.32. The van der Waals surface area contributed by atoms with Crippen molar-refractivity contribution in [3.63, 3.8) is 0 Å². The van der Waals surface area contributed by atoms with Crippen molar-refractivity contribution in [1.29, 1.82) is 0 Å². The number of carbonyl (C=O) groups excluding carboxylic acids is 1. The van der Waals surface area contributed by atoms with E-state index in [4.69, 9.17) is 9.72 Å². The van der Waals surface area contributed by atoms with Crippen molar-refractivity contribution in [2.45, 2.75) is 12.8 Å². The summed E-state index contributed by atoms with van der Waals surface area (Å²) in [6, 6.07) is 26.3. The van der Waals surface area contributed by atoms with Crippen molar-refractivity contribution in [2.75, 3.05) is 44.3 Å². The van der Waals surface area contributed by atoms with Crippen LogP contribution >= 0.6 is 11.3 Å². The lowest BCUT2D eigenvalue weighted by molar-refractivity contribution is -0.119. The minimum atomic E-state index is -0.389. The van der Waals surface area contributed by atoms with Gasteiger partial charge in [-0.05, 0) is 29.7 Å². The molecule has 0 N–H and O–H groups in total. The van der Waals surface area contributed by atoms with Crippen LogP contribution in [0.2, 0.25) is 0 Å². The number of rotatable bonds is 7. The van der Waals surface area contributed by atoms with E-state index < -0.39 is 0 Å². The molecule has 3 aromatic carbocycles. The molecular formula is C28H29N3O2S. The van der Waals surface area contributed by atoms with Crippen molar-refractivity contribution >= 4 is 32.6 Å². The maximum absolute atomic E-state index is 14.3. The van der Waals surface area contributed by atoms with Gasteiger partial charge in [-0.2, -0.15) is 0 Å². The quantitative estimate of drug-likeness (QED) is 0.376. The SMILES string of the molecule is Cc1cccc2sc(N(CCN3CCOCC3)C(=O)C(c3ccccc3)c3ccccc3)nc12. The van der Waals surface area contributed by atoms with Crippen molar-refractivity contribution in [3.8, 4) is 0 Å². The summed E-state index contributed by atoms with van der Waals surface area (Å²) in [5.41, 5.74) is 4.09. The number of para-hydroxylation sites is 1. The summed E-state index contributed by atoms with van der Waals surface area (Å²) in [5.74, 6) is -0.331. The lowest BCUT2D eigenvalue weighted by Gasteiger charge is -2.31. The topological polar surface area (TPSA) is 45.7 Å². The second-order valence-electron chi connectivity index (χ2n) is 8.62. The number of aryl methyl sites for hydroxylation is 1. The Morgan fingerprint density at radius 2 is 1.62 bits per heavy atom. The van der Waals surface area contributed by atoms with E-state index in [1.807, 2.05) is 65.6 Å². The summed E-state index contributed by atoms with van der Waals surface area (Å²) in [5, 5.41) is 0.763. The van der Waals surface area contributed by atoms with Crippen LogP contribution < -0.4 is 4.90 Å². The predicted molar refractivity (Wildman–Crippen MR) is 139 cm³/mol. The number of hydrogen-bond acceptors (Lipinski definition) is 5. The summed E-state index contributed by atoms with van der Waals surface area (Å²) in [6.45, 7) is 6.72. The van der Waals surface area contributed by atoms with Gasteiger partial charge in [0.15, 0.2) is 5.13 Å². The van der Waals surface area contributed by atoms with Crippen LogP contribution in [0.4, 0.5) is 5.13 Å². The molecule has 1 aromatic heterocycles. The van der Waals surface area contributed by atoms with Gasteiger partial charge in [0.2, 0.25) is 5.91 Å². The van der Waals surface area contributed by atoms with Crippen molar-refractivity contribution < 1.29 is 9.53 Å². The van der Waals surface area contributed by atoms with Gasteiger partial charge in [-0.25, -0.2) is 4.98 Å². The van der Waals surface area contributed by atoms with Crippen LogP contribution in [0.3, 0.4) is 0 Å². The van der Waals surface area contributed by atoms with Crippen LogP contribution in [0, 0.1) is 6.92 Å². The first-order valence-corrected chi connectivity index (χ1v) is 12.6. The van der Waals surface area contributed by atoms with Crippen molar-refractivity contribution in [1.82, 2.24) is 9.88 Å². The van der Waals surface area contributed by atoms with Gasteiger partial charge in [-0.1, -0.05) is 84.1 Å². The molecule has 5 nitrogen and oxygen atoms in total. The monoisotopic (exact) mass is 471 g/mol. The number of carbonyl (C=O) groups is 1. The number of amides is 1. The molecule has 34 heavy (non-hydrogen) atoms. The van der Waals surface area contributed by atoms with Crippen LogP contribution in [-0.2, 0) is 9.53 Å². The van der Waals surface area contributed by atoms with Crippen LogP contribution in [0.25, 0.3) is 10.2 Å². The molecule has 0 saturated carbocycles. The van der Waals surface area contributed by atoms with Crippen LogP contribution in [0.1, 0.15) is 22.6 Å². The Hall–Kier alpha value is -3.06. The van der Waals surface area contributed by atoms with Gasteiger partial charge in [-0.3, -0.25) is 14.6 Å². The van der Waals surface area contributed by atoms with Crippen LogP contribution in [0.5, 0.6) is 0 Å². The molecule has 0 aliphatic carbocycles. The first kappa shape index (κ1) is 22.7. The van der Waals surface area contributed by atoms with Gasteiger partial charge >= 0.3 is 0 Å². The Bertz CT molecular complexity index is 1200. The lowest BCUT2D eigenvalue weighted by Crippen LogP contribution is -2.44. The Morgan fingerprint density at radius 3 is 2.24 bits per heavy atom. The van der Waals surface area contributed by atoms with E-state index in [1.165, 1.54) is 0 Å². The normalized spacial score (nSPS) is 14.5. The molecule has 1 aliphatic rings. The number of anilines is 1. The number of ether oxygens (including phenoxy) is 1. The maximum Gasteiger partial charge on any atom is 0.240 e. The summed E-state index contributed by atoms with van der Waals surface area (Å²) in [6.07, 6.45) is 0. The molecule has 0 radical (unpaired) electrons. The molecule has 2 heterocycles. The van der Waals surface area contributed by atoms with Crippen molar-refractivity contribution in [2.24, 2.45) is 0 Å². The van der Waals surface area contributed by atoms with Gasteiger partial charge < -0.3 is 4.74 Å². The summed E-state index contributed by atoms with van der Waals surface area (Å²) >= 11 is 1.59. The molecule has 1 saturated heterocycles. The number of nitrogens with zero attached hydrogens (tertiary/aromatic N) is 3. The highest BCUT2D eigenvalue weighted by molar-refractivity contribution is 7.22. The van der Waals surface area contributed by atoms with E-state index in [0.29, 0.717) is 6.54 Å². The van der Waals surface area contributed by atoms with E-state index >= 15 is 0 Å². The van der Waals surface area contributed by atoms with E-state index in [2.05, 4.69) is 30.0 Å². The predicted octanol–water partition coefficient (Wildman–Crippen LogP) is 5.10. The van der Waals surface area contributed by atoms with Crippen LogP contribution in [-0.4, -0.2) is 55.2 Å². The molecule has 0 unspecified atom stereocenters. The number of benzene rings is 3. The van der Waals surface area contributed by atoms with Gasteiger partial charge in [-0.15, -0.1) is 0 Å². The zero-order valence-electron chi connectivity index (χ0n) is 19.4. The maximum atomic E-state index is 14.3. The summed E-state index contributed by atoms with van der Waals surface area (Å²) in [4.78, 5) is 23.5. The van der Waals surface area contributed by atoms with E-state index in [1.54, 1.807) is 11.3 Å². The summed E-state index contributed by atoms with van der Waals surface area (Å²) < 4.78 is 6.62. The Kier molecular flexibility index (Phi) is 7.00.